The van der Waals surface area contributed by atoms with Crippen molar-refractivity contribution in [1.29, 1.82) is 0 Å². The van der Waals surface area contributed by atoms with Gasteiger partial charge in [-0.3, -0.25) is 19.7 Å². The van der Waals surface area contributed by atoms with E-state index in [0.29, 0.717) is 12.3 Å². The molecule has 25 heavy (non-hydrogen) atoms. The molecule has 0 aromatic heterocycles. The van der Waals surface area contributed by atoms with Crippen LogP contribution in [0.15, 0.2) is 18.2 Å². The Hall–Kier alpha value is -2.64. The number of likely N-dealkylation sites (tertiary alicyclic amines) is 1. The van der Waals surface area contributed by atoms with Crippen molar-refractivity contribution in [2.45, 2.75) is 38.1 Å². The highest BCUT2D eigenvalue weighted by molar-refractivity contribution is 5.98. The van der Waals surface area contributed by atoms with Crippen molar-refractivity contribution in [3.8, 4) is 5.75 Å². The van der Waals surface area contributed by atoms with Crippen molar-refractivity contribution in [2.24, 2.45) is 5.92 Å². The van der Waals surface area contributed by atoms with Crippen molar-refractivity contribution in [2.75, 3.05) is 19.0 Å². The minimum absolute atomic E-state index is 0.00344. The number of carbonyl (C=O) groups excluding carboxylic acids is 2. The van der Waals surface area contributed by atoms with Gasteiger partial charge in [0.2, 0.25) is 11.8 Å². The minimum atomic E-state index is -0.567. The van der Waals surface area contributed by atoms with Gasteiger partial charge in [0.25, 0.3) is 5.69 Å². The van der Waals surface area contributed by atoms with Crippen LogP contribution in [0.4, 0.5) is 11.4 Å². The van der Waals surface area contributed by atoms with Crippen LogP contribution in [0.2, 0.25) is 0 Å². The standard InChI is InChI=1S/C17H21N3O5/c1-25-13-6-7-14(15(9-13)20(23)24)18-17(22)11-8-16(21)19(10-11)12-4-2-3-5-12/h6-7,9,11-12H,2-5,8,10H2,1H3,(H,18,22)/t11-/m1/s1. The number of nitro benzene ring substituents is 1. The normalized spacial score (nSPS) is 20.8. The smallest absolute Gasteiger partial charge is 0.296 e. The van der Waals surface area contributed by atoms with Gasteiger partial charge in [0.15, 0.2) is 0 Å². The number of carbonyl (C=O) groups is 2. The number of nitrogens with zero attached hydrogens (tertiary/aromatic N) is 2. The monoisotopic (exact) mass is 347 g/mol. The van der Waals surface area contributed by atoms with E-state index in [2.05, 4.69) is 5.32 Å². The van der Waals surface area contributed by atoms with Crippen molar-refractivity contribution >= 4 is 23.2 Å². The molecule has 1 aliphatic carbocycles. The molecule has 8 nitrogen and oxygen atoms in total. The second-order valence-corrected chi connectivity index (χ2v) is 6.51. The lowest BCUT2D eigenvalue weighted by Crippen LogP contribution is -2.35. The van der Waals surface area contributed by atoms with Crippen LogP contribution in [0.1, 0.15) is 32.1 Å². The van der Waals surface area contributed by atoms with Crippen LogP contribution in [0.5, 0.6) is 5.75 Å². The van der Waals surface area contributed by atoms with Crippen LogP contribution in [0.25, 0.3) is 0 Å². The Kier molecular flexibility index (Phi) is 4.87. The lowest BCUT2D eigenvalue weighted by Gasteiger charge is -2.23. The van der Waals surface area contributed by atoms with E-state index in [1.165, 1.54) is 19.2 Å². The maximum atomic E-state index is 12.5. The SMILES string of the molecule is COc1ccc(NC(=O)[C@@H]2CC(=O)N(C3CCCC3)C2)c([N+](=O)[O-])c1. The van der Waals surface area contributed by atoms with Gasteiger partial charge in [-0.2, -0.15) is 0 Å². The zero-order valence-electron chi connectivity index (χ0n) is 14.1. The zero-order chi connectivity index (χ0) is 18.0. The maximum Gasteiger partial charge on any atom is 0.296 e. The van der Waals surface area contributed by atoms with Crippen molar-refractivity contribution in [1.82, 2.24) is 4.90 Å². The second-order valence-electron chi connectivity index (χ2n) is 6.51. The van der Waals surface area contributed by atoms with E-state index in [4.69, 9.17) is 4.74 Å². The number of hydrogen-bond acceptors (Lipinski definition) is 5. The molecular formula is C17H21N3O5. The number of benzene rings is 1. The minimum Gasteiger partial charge on any atom is -0.496 e. The van der Waals surface area contributed by atoms with Crippen molar-refractivity contribution < 1.29 is 19.2 Å². The van der Waals surface area contributed by atoms with Crippen LogP contribution in [0, 0.1) is 16.0 Å². The quantitative estimate of drug-likeness (QED) is 0.650. The first kappa shape index (κ1) is 17.2. The highest BCUT2D eigenvalue weighted by Crippen LogP contribution is 2.32. The number of anilines is 1. The van der Waals surface area contributed by atoms with Gasteiger partial charge in [-0.25, -0.2) is 0 Å². The number of nitrogens with one attached hydrogen (secondary N) is 1. The third-order valence-electron chi connectivity index (χ3n) is 4.95. The molecule has 2 fully saturated rings. The Morgan fingerprint density at radius 2 is 2.08 bits per heavy atom. The average Bonchev–Trinajstić information content (AvgIpc) is 3.24. The number of rotatable bonds is 5. The molecule has 0 radical (unpaired) electrons. The summed E-state index contributed by atoms with van der Waals surface area (Å²) in [5.74, 6) is -0.499. The van der Waals surface area contributed by atoms with E-state index in [0.717, 1.165) is 25.7 Å². The summed E-state index contributed by atoms with van der Waals surface area (Å²) in [7, 11) is 1.42. The largest absolute Gasteiger partial charge is 0.496 e. The van der Waals surface area contributed by atoms with Gasteiger partial charge in [-0.05, 0) is 25.0 Å². The molecule has 3 rings (SSSR count). The molecular weight excluding hydrogens is 326 g/mol. The molecule has 8 heteroatoms. The lowest BCUT2D eigenvalue weighted by atomic mass is 10.1. The molecule has 2 amide bonds. The first-order chi connectivity index (χ1) is 12.0. The van der Waals surface area contributed by atoms with Gasteiger partial charge in [-0.15, -0.1) is 0 Å². The topological polar surface area (TPSA) is 102 Å². The second kappa shape index (κ2) is 7.08. The summed E-state index contributed by atoms with van der Waals surface area (Å²) in [6, 6.07) is 4.49. The molecule has 1 heterocycles. The van der Waals surface area contributed by atoms with Crippen molar-refractivity contribution in [3.63, 3.8) is 0 Å². The Bertz CT molecular complexity index is 700. The van der Waals surface area contributed by atoms with Crippen LogP contribution in [0.3, 0.4) is 0 Å². The highest BCUT2D eigenvalue weighted by atomic mass is 16.6. The summed E-state index contributed by atoms with van der Waals surface area (Å²) in [6.45, 7) is 0.388. The third kappa shape index (κ3) is 3.57. The Morgan fingerprint density at radius 3 is 2.72 bits per heavy atom. The number of nitro groups is 1. The van der Waals surface area contributed by atoms with Crippen LogP contribution < -0.4 is 10.1 Å². The molecule has 1 aliphatic heterocycles. The van der Waals surface area contributed by atoms with E-state index < -0.39 is 10.8 Å². The predicted molar refractivity (Wildman–Crippen MR) is 90.4 cm³/mol. The van der Waals surface area contributed by atoms with Gasteiger partial charge < -0.3 is 15.0 Å². The van der Waals surface area contributed by atoms with Gasteiger partial charge in [0.1, 0.15) is 11.4 Å². The molecule has 2 aliphatic rings. The van der Waals surface area contributed by atoms with Crippen LogP contribution in [-0.2, 0) is 9.59 Å². The average molecular weight is 347 g/mol. The van der Waals surface area contributed by atoms with Gasteiger partial charge in [0, 0.05) is 19.0 Å². The molecule has 0 unspecified atom stereocenters. The lowest BCUT2D eigenvalue weighted by molar-refractivity contribution is -0.384. The van der Waals surface area contributed by atoms with Gasteiger partial charge in [-0.1, -0.05) is 12.8 Å². The zero-order valence-corrected chi connectivity index (χ0v) is 14.1. The number of methoxy groups -OCH3 is 1. The highest BCUT2D eigenvalue weighted by Gasteiger charge is 2.39. The summed E-state index contributed by atoms with van der Waals surface area (Å²) in [6.07, 6.45) is 4.37. The summed E-state index contributed by atoms with van der Waals surface area (Å²) in [4.78, 5) is 37.2. The van der Waals surface area contributed by atoms with Gasteiger partial charge in [0.05, 0.1) is 24.0 Å². The fourth-order valence-electron chi connectivity index (χ4n) is 3.61. The Morgan fingerprint density at radius 1 is 1.36 bits per heavy atom. The number of hydrogen-bond donors (Lipinski definition) is 1. The predicted octanol–water partition coefficient (Wildman–Crippen LogP) is 2.33. The molecule has 134 valence electrons. The van der Waals surface area contributed by atoms with E-state index in [1.54, 1.807) is 11.0 Å². The molecule has 1 aromatic rings. The Labute approximate surface area is 145 Å². The molecule has 0 bridgehead atoms. The van der Waals surface area contributed by atoms with E-state index in [-0.39, 0.29) is 35.7 Å². The third-order valence-corrected chi connectivity index (χ3v) is 4.95. The van der Waals surface area contributed by atoms with Gasteiger partial charge >= 0.3 is 0 Å². The molecule has 1 atom stereocenters. The number of amides is 2. The fourth-order valence-corrected chi connectivity index (χ4v) is 3.61. The maximum absolute atomic E-state index is 12.5. The molecule has 1 saturated heterocycles. The molecule has 1 saturated carbocycles. The molecule has 1 aromatic carbocycles. The van der Waals surface area contributed by atoms with Crippen molar-refractivity contribution in [3.05, 3.63) is 28.3 Å². The number of ether oxygens (including phenoxy) is 1. The van der Waals surface area contributed by atoms with Crippen LogP contribution >= 0.6 is 0 Å². The molecule has 1 N–H and O–H groups in total. The summed E-state index contributed by atoms with van der Waals surface area (Å²) in [5, 5.41) is 13.8. The summed E-state index contributed by atoms with van der Waals surface area (Å²) in [5.41, 5.74) is -0.118. The first-order valence-electron chi connectivity index (χ1n) is 8.42. The summed E-state index contributed by atoms with van der Waals surface area (Å²) >= 11 is 0. The molecule has 0 spiro atoms. The van der Waals surface area contributed by atoms with E-state index >= 15 is 0 Å². The van der Waals surface area contributed by atoms with Crippen LogP contribution in [-0.4, -0.2) is 41.3 Å². The fraction of sp³-hybridized carbons (Fsp3) is 0.529. The van der Waals surface area contributed by atoms with E-state index in [9.17, 15) is 19.7 Å². The summed E-state index contributed by atoms with van der Waals surface area (Å²) < 4.78 is 4.98. The van der Waals surface area contributed by atoms with E-state index in [1.807, 2.05) is 0 Å². The Balaban J connectivity index is 1.70. The first-order valence-corrected chi connectivity index (χ1v) is 8.42.